The van der Waals surface area contributed by atoms with Crippen LogP contribution in [0.25, 0.3) is 5.76 Å². The number of rotatable bonds is 7. The molecule has 33 heavy (non-hydrogen) atoms. The monoisotopic (exact) mass is 451 g/mol. The molecule has 2 aromatic rings. The summed E-state index contributed by atoms with van der Waals surface area (Å²) in [4.78, 5) is 34.2. The van der Waals surface area contributed by atoms with Gasteiger partial charge in [0.15, 0.2) is 0 Å². The summed E-state index contributed by atoms with van der Waals surface area (Å²) in [6, 6.07) is 11.4. The molecule has 1 atom stereocenters. The fourth-order valence-electron chi connectivity index (χ4n) is 4.15. The van der Waals surface area contributed by atoms with Gasteiger partial charge in [0.2, 0.25) is 0 Å². The van der Waals surface area contributed by atoms with Crippen molar-refractivity contribution in [3.63, 3.8) is 0 Å². The molecule has 0 radical (unpaired) electrons. The average Bonchev–Trinajstić information content (AvgIpc) is 3.08. The molecule has 2 saturated heterocycles. The van der Waals surface area contributed by atoms with Crippen molar-refractivity contribution >= 4 is 17.4 Å². The van der Waals surface area contributed by atoms with E-state index in [0.717, 1.165) is 13.1 Å². The quantitative estimate of drug-likeness (QED) is 0.393. The molecule has 3 heterocycles. The number of hydrogen-bond donors (Lipinski definition) is 1. The Morgan fingerprint density at radius 3 is 2.48 bits per heavy atom. The van der Waals surface area contributed by atoms with Gasteiger partial charge in [0.25, 0.3) is 11.7 Å². The number of nitrogens with zero attached hydrogens (tertiary/aromatic N) is 3. The van der Waals surface area contributed by atoms with Crippen molar-refractivity contribution in [3.8, 4) is 5.75 Å². The second-order valence-electron chi connectivity index (χ2n) is 8.39. The van der Waals surface area contributed by atoms with Gasteiger partial charge in [0.1, 0.15) is 17.6 Å². The van der Waals surface area contributed by atoms with Crippen molar-refractivity contribution in [1.29, 1.82) is 0 Å². The highest BCUT2D eigenvalue weighted by Gasteiger charge is 2.46. The van der Waals surface area contributed by atoms with Gasteiger partial charge in [0.05, 0.1) is 30.6 Å². The van der Waals surface area contributed by atoms with Crippen molar-refractivity contribution in [1.82, 2.24) is 14.8 Å². The van der Waals surface area contributed by atoms with Crippen LogP contribution in [0.3, 0.4) is 0 Å². The van der Waals surface area contributed by atoms with E-state index in [9.17, 15) is 14.7 Å². The number of likely N-dealkylation sites (tertiary alicyclic amines) is 1. The predicted octanol–water partition coefficient (Wildman–Crippen LogP) is 2.62. The van der Waals surface area contributed by atoms with Crippen molar-refractivity contribution in [2.75, 3.05) is 39.4 Å². The Morgan fingerprint density at radius 1 is 1.12 bits per heavy atom. The van der Waals surface area contributed by atoms with Crippen LogP contribution in [-0.4, -0.2) is 77.1 Å². The maximum Gasteiger partial charge on any atom is 0.295 e. The number of aliphatic hydroxyl groups is 1. The lowest BCUT2D eigenvalue weighted by atomic mass is 9.98. The summed E-state index contributed by atoms with van der Waals surface area (Å²) in [7, 11) is 0. The summed E-state index contributed by atoms with van der Waals surface area (Å²) in [6.07, 6.45) is 1.64. The Kier molecular flexibility index (Phi) is 7.05. The molecule has 2 aliphatic rings. The number of benzene rings is 1. The maximum atomic E-state index is 13.1. The van der Waals surface area contributed by atoms with E-state index >= 15 is 0 Å². The molecule has 4 rings (SSSR count). The van der Waals surface area contributed by atoms with Gasteiger partial charge in [0, 0.05) is 37.9 Å². The fourth-order valence-corrected chi connectivity index (χ4v) is 4.15. The largest absolute Gasteiger partial charge is 0.507 e. The maximum absolute atomic E-state index is 13.1. The first-order valence-electron chi connectivity index (χ1n) is 11.2. The molecule has 0 aliphatic carbocycles. The third-order valence-corrected chi connectivity index (χ3v) is 5.77. The highest BCUT2D eigenvalue weighted by molar-refractivity contribution is 6.46. The highest BCUT2D eigenvalue weighted by Crippen LogP contribution is 2.38. The first kappa shape index (κ1) is 22.9. The molecule has 1 aromatic carbocycles. The first-order chi connectivity index (χ1) is 16.0. The number of Topliss-reactive ketones (excluding diaryl/α,β-unsaturated/α-hetero) is 1. The summed E-state index contributed by atoms with van der Waals surface area (Å²) in [5.74, 6) is -0.879. The Labute approximate surface area is 193 Å². The zero-order valence-corrected chi connectivity index (χ0v) is 18.9. The summed E-state index contributed by atoms with van der Waals surface area (Å²) in [5.41, 5.74) is 1.04. The summed E-state index contributed by atoms with van der Waals surface area (Å²) in [5, 5.41) is 11.1. The SMILES string of the molecule is CC(C)Oc1ccc(/C(O)=C2\C(=O)C(=O)N(CCN3CCOCC3)[C@H]2c2ccccn2)cc1. The minimum atomic E-state index is -0.751. The van der Waals surface area contributed by atoms with Crippen molar-refractivity contribution < 1.29 is 24.2 Å². The van der Waals surface area contributed by atoms with Crippen LogP contribution < -0.4 is 4.74 Å². The second-order valence-corrected chi connectivity index (χ2v) is 8.39. The van der Waals surface area contributed by atoms with Gasteiger partial charge in [-0.05, 0) is 50.2 Å². The van der Waals surface area contributed by atoms with Crippen LogP contribution in [0.15, 0.2) is 54.2 Å². The van der Waals surface area contributed by atoms with Gasteiger partial charge >= 0.3 is 0 Å². The molecule has 8 nitrogen and oxygen atoms in total. The zero-order chi connectivity index (χ0) is 23.4. The molecular formula is C25H29N3O5. The van der Waals surface area contributed by atoms with Crippen molar-refractivity contribution in [2.45, 2.75) is 26.0 Å². The van der Waals surface area contributed by atoms with E-state index in [0.29, 0.717) is 43.3 Å². The lowest BCUT2D eigenvalue weighted by Gasteiger charge is -2.30. The number of aliphatic hydroxyl groups excluding tert-OH is 1. The van der Waals surface area contributed by atoms with Crippen LogP contribution in [0.5, 0.6) is 5.75 Å². The lowest BCUT2D eigenvalue weighted by molar-refractivity contribution is -0.140. The number of hydrogen-bond acceptors (Lipinski definition) is 7. The van der Waals surface area contributed by atoms with E-state index in [4.69, 9.17) is 9.47 Å². The van der Waals surface area contributed by atoms with Gasteiger partial charge in [-0.1, -0.05) is 6.07 Å². The Balaban J connectivity index is 1.67. The number of amides is 1. The van der Waals surface area contributed by atoms with Crippen molar-refractivity contribution in [3.05, 3.63) is 65.5 Å². The summed E-state index contributed by atoms with van der Waals surface area (Å²) >= 11 is 0. The van der Waals surface area contributed by atoms with E-state index < -0.39 is 17.7 Å². The minimum absolute atomic E-state index is 0.0189. The van der Waals surface area contributed by atoms with Crippen LogP contribution in [0.2, 0.25) is 0 Å². The average molecular weight is 452 g/mol. The number of aromatic nitrogens is 1. The smallest absolute Gasteiger partial charge is 0.295 e. The van der Waals surface area contributed by atoms with Crippen LogP contribution >= 0.6 is 0 Å². The molecule has 1 N–H and O–H groups in total. The number of pyridine rings is 1. The van der Waals surface area contributed by atoms with Crippen LogP contribution in [0.1, 0.15) is 31.1 Å². The van der Waals surface area contributed by atoms with Gasteiger partial charge < -0.3 is 19.5 Å². The Hall–Kier alpha value is -3.23. The minimum Gasteiger partial charge on any atom is -0.507 e. The molecule has 0 spiro atoms. The molecular weight excluding hydrogens is 422 g/mol. The molecule has 174 valence electrons. The van der Waals surface area contributed by atoms with E-state index in [1.807, 2.05) is 19.9 Å². The van der Waals surface area contributed by atoms with Gasteiger partial charge in [-0.3, -0.25) is 19.5 Å². The third-order valence-electron chi connectivity index (χ3n) is 5.77. The first-order valence-corrected chi connectivity index (χ1v) is 11.2. The normalized spacial score (nSPS) is 21.1. The van der Waals surface area contributed by atoms with E-state index in [1.165, 1.54) is 4.90 Å². The highest BCUT2D eigenvalue weighted by atomic mass is 16.5. The molecule has 0 unspecified atom stereocenters. The van der Waals surface area contributed by atoms with Gasteiger partial charge in [-0.25, -0.2) is 0 Å². The van der Waals surface area contributed by atoms with E-state index in [2.05, 4.69) is 9.88 Å². The lowest BCUT2D eigenvalue weighted by Crippen LogP contribution is -2.42. The Bertz CT molecular complexity index is 1010. The number of morpholine rings is 1. The number of ether oxygens (including phenoxy) is 2. The van der Waals surface area contributed by atoms with Crippen LogP contribution in [0, 0.1) is 0 Å². The topological polar surface area (TPSA) is 92.2 Å². The van der Waals surface area contributed by atoms with Crippen LogP contribution in [-0.2, 0) is 14.3 Å². The zero-order valence-electron chi connectivity index (χ0n) is 18.9. The van der Waals surface area contributed by atoms with Crippen LogP contribution in [0.4, 0.5) is 0 Å². The molecule has 2 fully saturated rings. The van der Waals surface area contributed by atoms with E-state index in [1.54, 1.807) is 42.6 Å². The number of ketones is 1. The third kappa shape index (κ3) is 5.07. The Morgan fingerprint density at radius 2 is 1.85 bits per heavy atom. The molecule has 0 bridgehead atoms. The van der Waals surface area contributed by atoms with Gasteiger partial charge in [-0.15, -0.1) is 0 Å². The number of carbonyl (C=O) groups excluding carboxylic acids is 2. The molecule has 1 amide bonds. The summed E-state index contributed by atoms with van der Waals surface area (Å²) < 4.78 is 11.1. The molecule has 2 aliphatic heterocycles. The second kappa shape index (κ2) is 10.1. The predicted molar refractivity (Wildman–Crippen MR) is 123 cm³/mol. The standard InChI is InChI=1S/C25H29N3O5/c1-17(2)33-19-8-6-18(7-9-19)23(29)21-22(20-5-3-4-10-26-20)28(25(31)24(21)30)12-11-27-13-15-32-16-14-27/h3-10,17,22,29H,11-16H2,1-2H3/b23-21+/t22-/m0/s1. The van der Waals surface area contributed by atoms with Gasteiger partial charge in [-0.2, -0.15) is 0 Å². The summed E-state index contributed by atoms with van der Waals surface area (Å²) in [6.45, 7) is 7.69. The van der Waals surface area contributed by atoms with E-state index in [-0.39, 0.29) is 17.4 Å². The number of carbonyl (C=O) groups is 2. The molecule has 1 aromatic heterocycles. The van der Waals surface area contributed by atoms with Crippen molar-refractivity contribution in [2.24, 2.45) is 0 Å². The molecule has 8 heteroatoms. The fraction of sp³-hybridized carbons (Fsp3) is 0.400. The molecule has 0 saturated carbocycles.